The van der Waals surface area contributed by atoms with Gasteiger partial charge in [-0.3, -0.25) is 9.69 Å². The third-order valence-electron chi connectivity index (χ3n) is 4.62. The molecule has 0 saturated carbocycles. The van der Waals surface area contributed by atoms with Gasteiger partial charge < -0.3 is 14.8 Å². The van der Waals surface area contributed by atoms with Gasteiger partial charge in [-0.1, -0.05) is 28.1 Å². The zero-order chi connectivity index (χ0) is 21.0. The number of rotatable bonds is 5. The molecule has 2 aromatic carbocycles. The lowest BCUT2D eigenvalue weighted by Crippen LogP contribution is -2.41. The molecule has 3 rings (SSSR count). The maximum absolute atomic E-state index is 13.3. The number of urea groups is 1. The van der Waals surface area contributed by atoms with Crippen LogP contribution in [-0.4, -0.2) is 30.9 Å². The third kappa shape index (κ3) is 4.76. The SMILES string of the molecule is COc1cc(Br)c(CNC(=O)N2C=CC(=O)CC2c2ccc(F)cc2)cc1OC. The van der Waals surface area contributed by atoms with Gasteiger partial charge >= 0.3 is 6.03 Å². The van der Waals surface area contributed by atoms with E-state index in [0.29, 0.717) is 17.1 Å². The first kappa shape index (κ1) is 20.9. The minimum atomic E-state index is -0.498. The highest BCUT2D eigenvalue weighted by Crippen LogP contribution is 2.33. The molecule has 1 aliphatic heterocycles. The first-order valence-electron chi connectivity index (χ1n) is 8.86. The van der Waals surface area contributed by atoms with Gasteiger partial charge in [-0.05, 0) is 41.5 Å². The zero-order valence-corrected chi connectivity index (χ0v) is 17.5. The van der Waals surface area contributed by atoms with E-state index in [0.717, 1.165) is 10.0 Å². The number of allylic oxidation sites excluding steroid dienone is 1. The zero-order valence-electron chi connectivity index (χ0n) is 15.9. The number of benzene rings is 2. The van der Waals surface area contributed by atoms with Gasteiger partial charge in [0.2, 0.25) is 0 Å². The van der Waals surface area contributed by atoms with Crippen LogP contribution in [0, 0.1) is 5.82 Å². The van der Waals surface area contributed by atoms with E-state index in [9.17, 15) is 14.0 Å². The predicted octanol–water partition coefficient (Wildman–Crippen LogP) is 4.34. The van der Waals surface area contributed by atoms with Crippen LogP contribution in [-0.2, 0) is 11.3 Å². The molecule has 2 amide bonds. The van der Waals surface area contributed by atoms with E-state index >= 15 is 0 Å². The number of carbonyl (C=O) groups excluding carboxylic acids is 2. The smallest absolute Gasteiger partial charge is 0.322 e. The molecule has 0 spiro atoms. The fraction of sp³-hybridized carbons (Fsp3) is 0.238. The number of nitrogens with zero attached hydrogens (tertiary/aromatic N) is 1. The lowest BCUT2D eigenvalue weighted by atomic mass is 9.97. The van der Waals surface area contributed by atoms with Gasteiger partial charge in [-0.2, -0.15) is 0 Å². The minimum Gasteiger partial charge on any atom is -0.493 e. The highest BCUT2D eigenvalue weighted by atomic mass is 79.9. The summed E-state index contributed by atoms with van der Waals surface area (Å²) in [6, 6.07) is 8.46. The molecule has 0 bridgehead atoms. The van der Waals surface area contributed by atoms with Crippen LogP contribution in [0.5, 0.6) is 11.5 Å². The molecule has 1 heterocycles. The lowest BCUT2D eigenvalue weighted by molar-refractivity contribution is -0.116. The van der Waals surface area contributed by atoms with Gasteiger partial charge in [-0.25, -0.2) is 9.18 Å². The Labute approximate surface area is 176 Å². The molecule has 29 heavy (non-hydrogen) atoms. The average Bonchev–Trinajstić information content (AvgIpc) is 2.72. The van der Waals surface area contributed by atoms with Crippen LogP contribution in [0.15, 0.2) is 53.1 Å². The van der Waals surface area contributed by atoms with Crippen molar-refractivity contribution in [2.45, 2.75) is 19.0 Å². The van der Waals surface area contributed by atoms with E-state index in [4.69, 9.17) is 9.47 Å². The van der Waals surface area contributed by atoms with E-state index < -0.39 is 6.04 Å². The van der Waals surface area contributed by atoms with Crippen LogP contribution >= 0.6 is 15.9 Å². The number of methoxy groups -OCH3 is 2. The Hall–Kier alpha value is -2.87. The van der Waals surface area contributed by atoms with Crippen LogP contribution in [0.1, 0.15) is 23.6 Å². The van der Waals surface area contributed by atoms with Gasteiger partial charge in [0.05, 0.1) is 20.3 Å². The molecule has 1 aliphatic rings. The molecule has 0 aromatic heterocycles. The molecule has 152 valence electrons. The average molecular weight is 463 g/mol. The maximum Gasteiger partial charge on any atom is 0.322 e. The highest BCUT2D eigenvalue weighted by molar-refractivity contribution is 9.10. The first-order chi connectivity index (χ1) is 13.9. The Morgan fingerprint density at radius 2 is 1.86 bits per heavy atom. The Morgan fingerprint density at radius 1 is 1.21 bits per heavy atom. The summed E-state index contributed by atoms with van der Waals surface area (Å²) in [5.74, 6) is 0.655. The van der Waals surface area contributed by atoms with Crippen molar-refractivity contribution in [3.05, 3.63) is 70.1 Å². The number of ketones is 1. The Balaban J connectivity index is 1.77. The number of amides is 2. The van der Waals surface area contributed by atoms with Crippen molar-refractivity contribution in [3.63, 3.8) is 0 Å². The van der Waals surface area contributed by atoms with E-state index in [-0.39, 0.29) is 30.6 Å². The summed E-state index contributed by atoms with van der Waals surface area (Å²) in [7, 11) is 3.09. The molecule has 6 nitrogen and oxygen atoms in total. The minimum absolute atomic E-state index is 0.0917. The monoisotopic (exact) mass is 462 g/mol. The standard InChI is InChI=1S/C21H20BrFN2O4/c1-28-19-9-14(17(22)11-20(19)29-2)12-24-21(27)25-8-7-16(26)10-18(25)13-3-5-15(23)6-4-13/h3-9,11,18H,10,12H2,1-2H3,(H,24,27). The van der Waals surface area contributed by atoms with Crippen LogP contribution in [0.3, 0.4) is 0 Å². The molecule has 2 aromatic rings. The largest absolute Gasteiger partial charge is 0.493 e. The second-order valence-corrected chi connectivity index (χ2v) is 7.27. The fourth-order valence-electron chi connectivity index (χ4n) is 3.09. The summed E-state index contributed by atoms with van der Waals surface area (Å²) in [4.78, 5) is 26.2. The number of nitrogens with one attached hydrogen (secondary N) is 1. The summed E-state index contributed by atoms with van der Waals surface area (Å²) >= 11 is 3.47. The number of carbonyl (C=O) groups is 2. The van der Waals surface area contributed by atoms with Gasteiger partial charge in [-0.15, -0.1) is 0 Å². The van der Waals surface area contributed by atoms with Crippen molar-refractivity contribution in [2.24, 2.45) is 0 Å². The van der Waals surface area contributed by atoms with E-state index in [1.54, 1.807) is 31.4 Å². The van der Waals surface area contributed by atoms with Crippen molar-refractivity contribution in [1.29, 1.82) is 0 Å². The molecular weight excluding hydrogens is 443 g/mol. The molecule has 0 aliphatic carbocycles. The number of ether oxygens (including phenoxy) is 2. The molecule has 0 fully saturated rings. The van der Waals surface area contributed by atoms with Crippen LogP contribution in [0.4, 0.5) is 9.18 Å². The first-order valence-corrected chi connectivity index (χ1v) is 9.65. The Bertz CT molecular complexity index is 946. The van der Waals surface area contributed by atoms with Gasteiger partial charge in [0.15, 0.2) is 17.3 Å². The van der Waals surface area contributed by atoms with Gasteiger partial charge in [0, 0.05) is 23.6 Å². The van der Waals surface area contributed by atoms with Crippen molar-refractivity contribution < 1.29 is 23.5 Å². The van der Waals surface area contributed by atoms with E-state index in [2.05, 4.69) is 21.2 Å². The normalized spacial score (nSPS) is 15.9. The highest BCUT2D eigenvalue weighted by Gasteiger charge is 2.28. The van der Waals surface area contributed by atoms with E-state index in [1.807, 2.05) is 0 Å². The van der Waals surface area contributed by atoms with Crippen molar-refractivity contribution in [2.75, 3.05) is 14.2 Å². The quantitative estimate of drug-likeness (QED) is 0.717. The maximum atomic E-state index is 13.3. The second kappa shape index (κ2) is 9.09. The lowest BCUT2D eigenvalue weighted by Gasteiger charge is -2.31. The molecule has 1 unspecified atom stereocenters. The van der Waals surface area contributed by atoms with Gasteiger partial charge in [0.25, 0.3) is 0 Å². The summed E-state index contributed by atoms with van der Waals surface area (Å²) < 4.78 is 24.6. The topological polar surface area (TPSA) is 67.9 Å². The van der Waals surface area contributed by atoms with Crippen LogP contribution in [0.2, 0.25) is 0 Å². The summed E-state index contributed by atoms with van der Waals surface area (Å²) in [5.41, 5.74) is 1.48. The van der Waals surface area contributed by atoms with Crippen molar-refractivity contribution in [1.82, 2.24) is 10.2 Å². The Kier molecular flexibility index (Phi) is 6.53. The molecule has 1 atom stereocenters. The van der Waals surface area contributed by atoms with Crippen LogP contribution in [0.25, 0.3) is 0 Å². The number of hydrogen-bond donors (Lipinski definition) is 1. The number of halogens is 2. The fourth-order valence-corrected chi connectivity index (χ4v) is 3.55. The summed E-state index contributed by atoms with van der Waals surface area (Å²) in [6.07, 6.45) is 2.96. The second-order valence-electron chi connectivity index (χ2n) is 6.42. The van der Waals surface area contributed by atoms with Crippen LogP contribution < -0.4 is 14.8 Å². The van der Waals surface area contributed by atoms with Gasteiger partial charge in [0.1, 0.15) is 5.82 Å². The molecular formula is C21H20BrFN2O4. The third-order valence-corrected chi connectivity index (χ3v) is 5.36. The molecule has 0 radical (unpaired) electrons. The molecule has 0 saturated heterocycles. The molecule has 1 N–H and O–H groups in total. The van der Waals surface area contributed by atoms with Crippen molar-refractivity contribution in [3.8, 4) is 11.5 Å². The molecule has 8 heteroatoms. The summed E-state index contributed by atoms with van der Waals surface area (Å²) in [6.45, 7) is 0.230. The number of hydrogen-bond acceptors (Lipinski definition) is 4. The summed E-state index contributed by atoms with van der Waals surface area (Å²) in [5, 5.41) is 2.85. The Morgan fingerprint density at radius 3 is 2.52 bits per heavy atom. The van der Waals surface area contributed by atoms with E-state index in [1.165, 1.54) is 36.4 Å². The predicted molar refractivity (Wildman–Crippen MR) is 109 cm³/mol. The van der Waals surface area contributed by atoms with Crippen molar-refractivity contribution >= 4 is 27.7 Å².